The van der Waals surface area contributed by atoms with Gasteiger partial charge in [-0.1, -0.05) is 74.2 Å². The van der Waals surface area contributed by atoms with Crippen LogP contribution in [-0.4, -0.2) is 62.3 Å². The lowest BCUT2D eigenvalue weighted by molar-refractivity contribution is -0.114. The third-order valence-electron chi connectivity index (χ3n) is 8.33. The molecule has 50 heavy (non-hydrogen) atoms. The van der Waals surface area contributed by atoms with E-state index in [9.17, 15) is 9.59 Å². The van der Waals surface area contributed by atoms with Crippen molar-refractivity contribution in [1.82, 2.24) is 4.90 Å². The molecule has 0 radical (unpaired) electrons. The van der Waals surface area contributed by atoms with Crippen LogP contribution in [0, 0.1) is 3.57 Å². The van der Waals surface area contributed by atoms with Crippen molar-refractivity contribution in [3.05, 3.63) is 99.1 Å². The van der Waals surface area contributed by atoms with Gasteiger partial charge in [-0.2, -0.15) is 0 Å². The van der Waals surface area contributed by atoms with Crippen LogP contribution in [0.2, 0.25) is 25.7 Å². The number of hydrogen-bond acceptors (Lipinski definition) is 6. The van der Waals surface area contributed by atoms with Gasteiger partial charge in [0.2, 0.25) is 0 Å². The molecule has 0 aromatic heterocycles. The standard InChI is InChI=1S/C40H53IN2O6Si/c1-10-32(37(44)42(28-46-22-23-50(7,8)9)35-19-15-14-18-34(35)41)33-25-30(20-21-36(33)47-26-29-16-12-11-13-17-29)24-31-27-48-40(5,6)43(31)38(45)49-39(2,3)4/h10-21,25,31H,22-24,26-28H2,1-9H3/b32-10-/t31-/m0/s1. The van der Waals surface area contributed by atoms with E-state index in [-0.39, 0.29) is 18.7 Å². The van der Waals surface area contributed by atoms with Crippen LogP contribution in [0.15, 0.2) is 78.9 Å². The highest BCUT2D eigenvalue weighted by Gasteiger charge is 2.45. The molecule has 1 fully saturated rings. The average molecular weight is 813 g/mol. The molecule has 0 bridgehead atoms. The number of allylic oxidation sites excluding steroid dienone is 1. The largest absolute Gasteiger partial charge is 0.488 e. The second-order valence-corrected chi connectivity index (χ2v) is 22.1. The van der Waals surface area contributed by atoms with Crippen LogP contribution in [0.25, 0.3) is 5.57 Å². The fourth-order valence-corrected chi connectivity index (χ4v) is 7.18. The Morgan fingerprint density at radius 1 is 1.02 bits per heavy atom. The summed E-state index contributed by atoms with van der Waals surface area (Å²) in [6.07, 6.45) is 1.93. The summed E-state index contributed by atoms with van der Waals surface area (Å²) in [4.78, 5) is 31.5. The third-order valence-corrected chi connectivity index (χ3v) is 10.9. The van der Waals surface area contributed by atoms with Crippen LogP contribution in [-0.2, 0) is 32.0 Å². The Kier molecular flexibility index (Phi) is 13.4. The number of benzene rings is 3. The molecule has 0 aliphatic carbocycles. The molecule has 3 aromatic carbocycles. The maximum Gasteiger partial charge on any atom is 0.412 e. The molecule has 0 N–H and O–H groups in total. The minimum absolute atomic E-state index is 0.125. The summed E-state index contributed by atoms with van der Waals surface area (Å²) in [5, 5.41) is 0. The van der Waals surface area contributed by atoms with Gasteiger partial charge in [0.25, 0.3) is 5.91 Å². The van der Waals surface area contributed by atoms with Gasteiger partial charge in [0.05, 0.1) is 18.3 Å². The predicted molar refractivity (Wildman–Crippen MR) is 212 cm³/mol. The molecular weight excluding hydrogens is 759 g/mol. The molecule has 1 saturated heterocycles. The molecular formula is C40H53IN2O6Si. The summed E-state index contributed by atoms with van der Waals surface area (Å²) in [6.45, 7) is 19.6. The number of carbonyl (C=O) groups excluding carboxylic acids is 2. The van der Waals surface area contributed by atoms with Crippen LogP contribution in [0.3, 0.4) is 0 Å². The molecule has 10 heteroatoms. The topological polar surface area (TPSA) is 77.5 Å². The normalized spacial score (nSPS) is 16.3. The van der Waals surface area contributed by atoms with Crippen molar-refractivity contribution in [2.24, 2.45) is 0 Å². The van der Waals surface area contributed by atoms with E-state index in [0.29, 0.717) is 43.1 Å². The molecule has 2 amide bonds. The zero-order chi connectivity index (χ0) is 36.7. The summed E-state index contributed by atoms with van der Waals surface area (Å²) in [6, 6.07) is 24.5. The van der Waals surface area contributed by atoms with Gasteiger partial charge in [0, 0.05) is 29.4 Å². The fraction of sp³-hybridized carbons (Fsp3) is 0.450. The number of para-hydroxylation sites is 1. The Morgan fingerprint density at radius 3 is 2.34 bits per heavy atom. The van der Waals surface area contributed by atoms with Gasteiger partial charge in [0.1, 0.15) is 30.4 Å². The quantitative estimate of drug-likeness (QED) is 0.0563. The van der Waals surface area contributed by atoms with Gasteiger partial charge in [0.15, 0.2) is 0 Å². The van der Waals surface area contributed by atoms with Gasteiger partial charge in [-0.05, 0) is 112 Å². The van der Waals surface area contributed by atoms with Gasteiger partial charge in [-0.15, -0.1) is 0 Å². The second kappa shape index (κ2) is 16.9. The first kappa shape index (κ1) is 39.6. The Balaban J connectivity index is 1.71. The fourth-order valence-electron chi connectivity index (χ4n) is 5.74. The van der Waals surface area contributed by atoms with Gasteiger partial charge < -0.3 is 18.9 Å². The molecule has 1 heterocycles. The van der Waals surface area contributed by atoms with E-state index >= 15 is 0 Å². The number of carbonyl (C=O) groups is 2. The molecule has 0 spiro atoms. The van der Waals surface area contributed by atoms with Gasteiger partial charge >= 0.3 is 6.09 Å². The van der Waals surface area contributed by atoms with Crippen molar-refractivity contribution in [2.75, 3.05) is 24.8 Å². The van der Waals surface area contributed by atoms with Crippen LogP contribution in [0.1, 0.15) is 58.2 Å². The van der Waals surface area contributed by atoms with Crippen LogP contribution in [0.5, 0.6) is 5.75 Å². The number of amides is 2. The van der Waals surface area contributed by atoms with Crippen LogP contribution in [0.4, 0.5) is 10.5 Å². The van der Waals surface area contributed by atoms with Crippen LogP contribution < -0.4 is 9.64 Å². The third kappa shape index (κ3) is 10.9. The van der Waals surface area contributed by atoms with Gasteiger partial charge in [-0.25, -0.2) is 4.79 Å². The lowest BCUT2D eigenvalue weighted by Gasteiger charge is -2.35. The van der Waals surface area contributed by atoms with Crippen molar-refractivity contribution < 1.29 is 28.5 Å². The molecule has 1 atom stereocenters. The minimum atomic E-state index is -1.33. The van der Waals surface area contributed by atoms with E-state index in [4.69, 9.17) is 18.9 Å². The SMILES string of the molecule is C/C=C(\C(=O)N(COCC[Si](C)(C)C)c1ccccc1I)c1cc(C[C@H]2COC(C)(C)N2C(=O)OC(C)(C)C)ccc1OCc1ccccc1. The van der Waals surface area contributed by atoms with E-state index < -0.39 is 25.5 Å². The lowest BCUT2D eigenvalue weighted by Crippen LogP contribution is -2.50. The number of hydrogen-bond donors (Lipinski definition) is 0. The highest BCUT2D eigenvalue weighted by molar-refractivity contribution is 14.1. The Labute approximate surface area is 313 Å². The first-order valence-electron chi connectivity index (χ1n) is 17.3. The smallest absolute Gasteiger partial charge is 0.412 e. The summed E-state index contributed by atoms with van der Waals surface area (Å²) >= 11 is 2.27. The molecule has 1 aliphatic heterocycles. The highest BCUT2D eigenvalue weighted by Crippen LogP contribution is 2.35. The second-order valence-electron chi connectivity index (χ2n) is 15.3. The highest BCUT2D eigenvalue weighted by atomic mass is 127. The lowest BCUT2D eigenvalue weighted by atomic mass is 9.97. The van der Waals surface area contributed by atoms with Crippen molar-refractivity contribution in [2.45, 2.75) is 97.6 Å². The molecule has 0 unspecified atom stereocenters. The molecule has 3 aromatic rings. The van der Waals surface area contributed by atoms with E-state index in [2.05, 4.69) is 42.2 Å². The number of rotatable bonds is 13. The van der Waals surface area contributed by atoms with E-state index in [1.165, 1.54) is 0 Å². The average Bonchev–Trinajstić information content (AvgIpc) is 3.34. The summed E-state index contributed by atoms with van der Waals surface area (Å²) < 4.78 is 25.4. The zero-order valence-electron chi connectivity index (χ0n) is 31.0. The number of anilines is 1. The van der Waals surface area contributed by atoms with E-state index in [0.717, 1.165) is 26.4 Å². The van der Waals surface area contributed by atoms with Crippen molar-refractivity contribution in [3.8, 4) is 5.75 Å². The van der Waals surface area contributed by atoms with Gasteiger partial charge in [-0.3, -0.25) is 14.6 Å². The van der Waals surface area contributed by atoms with E-state index in [1.807, 2.05) is 120 Å². The molecule has 8 nitrogen and oxygen atoms in total. The summed E-state index contributed by atoms with van der Waals surface area (Å²) in [5.74, 6) is 0.403. The first-order chi connectivity index (χ1) is 23.5. The molecule has 1 aliphatic rings. The Bertz CT molecular complexity index is 1650. The predicted octanol–water partition coefficient (Wildman–Crippen LogP) is 9.53. The van der Waals surface area contributed by atoms with E-state index in [1.54, 1.807) is 9.80 Å². The molecule has 4 rings (SSSR count). The summed E-state index contributed by atoms with van der Waals surface area (Å²) in [5.41, 5.74) is 2.43. The molecule has 270 valence electrons. The van der Waals surface area contributed by atoms with Crippen LogP contribution >= 0.6 is 22.6 Å². The minimum Gasteiger partial charge on any atom is -0.488 e. The number of ether oxygens (including phenoxy) is 4. The van der Waals surface area contributed by atoms with Crippen molar-refractivity contribution in [1.29, 1.82) is 0 Å². The summed E-state index contributed by atoms with van der Waals surface area (Å²) in [7, 11) is -1.33. The zero-order valence-corrected chi connectivity index (χ0v) is 34.2. The Hall–Kier alpha value is -3.19. The maximum absolute atomic E-state index is 14.7. The Morgan fingerprint density at radius 2 is 1.70 bits per heavy atom. The maximum atomic E-state index is 14.7. The van der Waals surface area contributed by atoms with Crippen molar-refractivity contribution >= 4 is 53.9 Å². The first-order valence-corrected chi connectivity index (χ1v) is 22.0. The molecule has 0 saturated carbocycles. The number of nitrogens with zero attached hydrogens (tertiary/aromatic N) is 2. The van der Waals surface area contributed by atoms with Crippen molar-refractivity contribution in [3.63, 3.8) is 0 Å². The number of halogens is 1. The monoisotopic (exact) mass is 812 g/mol.